The number of thiophene rings is 1. The lowest BCUT2D eigenvalue weighted by molar-refractivity contribution is 0.0622. The van der Waals surface area contributed by atoms with Crippen molar-refractivity contribution in [3.63, 3.8) is 0 Å². The van der Waals surface area contributed by atoms with Crippen LogP contribution >= 0.6 is 11.3 Å². The van der Waals surface area contributed by atoms with E-state index in [-0.39, 0.29) is 5.91 Å². The Morgan fingerprint density at radius 1 is 1.50 bits per heavy atom. The van der Waals surface area contributed by atoms with Crippen LogP contribution < -0.4 is 11.1 Å². The molecule has 0 spiro atoms. The highest BCUT2D eigenvalue weighted by Crippen LogP contribution is 2.28. The Morgan fingerprint density at radius 3 is 2.72 bits per heavy atom. The van der Waals surface area contributed by atoms with Gasteiger partial charge in [-0.25, -0.2) is 0 Å². The summed E-state index contributed by atoms with van der Waals surface area (Å²) in [5.74, 6) is 0.705. The Hall–Kier alpha value is -1.07. The number of aryl methyl sites for hydroxylation is 1. The van der Waals surface area contributed by atoms with Crippen molar-refractivity contribution < 1.29 is 4.79 Å². The maximum Gasteiger partial charge on any atom is 0.261 e. The molecule has 0 aliphatic carbocycles. The van der Waals surface area contributed by atoms with Crippen LogP contribution in [-0.2, 0) is 0 Å². The van der Waals surface area contributed by atoms with Gasteiger partial charge in [-0.05, 0) is 44.8 Å². The third kappa shape index (κ3) is 2.12. The first kappa shape index (κ1) is 12.0. The number of rotatable bonds is 2. The molecule has 3 aliphatic rings. The minimum Gasteiger partial charge on any atom is -0.398 e. The number of hydrogen-bond donors (Lipinski definition) is 2. The molecule has 4 heterocycles. The van der Waals surface area contributed by atoms with Crippen LogP contribution in [0.15, 0.2) is 6.07 Å². The van der Waals surface area contributed by atoms with Gasteiger partial charge in [0.15, 0.2) is 0 Å². The van der Waals surface area contributed by atoms with E-state index in [4.69, 9.17) is 5.73 Å². The number of nitrogens with zero attached hydrogens (tertiary/aromatic N) is 1. The average molecular weight is 265 g/mol. The van der Waals surface area contributed by atoms with Crippen molar-refractivity contribution in [1.29, 1.82) is 0 Å². The van der Waals surface area contributed by atoms with E-state index in [2.05, 4.69) is 10.2 Å². The van der Waals surface area contributed by atoms with E-state index in [0.717, 1.165) is 22.0 Å². The SMILES string of the molecule is Cc1sc(C(=O)NC2CN3CCC2CC3)cc1N. The molecule has 3 N–H and O–H groups in total. The van der Waals surface area contributed by atoms with E-state index < -0.39 is 0 Å². The second-order valence-electron chi connectivity index (χ2n) is 5.34. The number of anilines is 1. The topological polar surface area (TPSA) is 58.4 Å². The summed E-state index contributed by atoms with van der Waals surface area (Å²) in [6.07, 6.45) is 2.44. The van der Waals surface area contributed by atoms with Gasteiger partial charge in [-0.15, -0.1) is 11.3 Å². The van der Waals surface area contributed by atoms with Gasteiger partial charge in [0.2, 0.25) is 0 Å². The standard InChI is InChI=1S/C13H19N3OS/c1-8-10(14)6-12(18-8)13(17)15-11-7-16-4-2-9(11)3-5-16/h6,9,11H,2-5,7,14H2,1H3,(H,15,17). The molecule has 4 rings (SSSR count). The monoisotopic (exact) mass is 265 g/mol. The summed E-state index contributed by atoms with van der Waals surface area (Å²) in [6, 6.07) is 2.11. The minimum absolute atomic E-state index is 0.0403. The first-order valence-corrected chi connectivity index (χ1v) is 7.34. The predicted octanol–water partition coefficient (Wildman–Crippen LogP) is 1.46. The molecule has 3 aliphatic heterocycles. The quantitative estimate of drug-likeness (QED) is 0.851. The second kappa shape index (κ2) is 4.55. The molecule has 4 nitrogen and oxygen atoms in total. The fourth-order valence-electron chi connectivity index (χ4n) is 2.98. The van der Waals surface area contributed by atoms with Crippen molar-refractivity contribution in [1.82, 2.24) is 10.2 Å². The van der Waals surface area contributed by atoms with Crippen LogP contribution in [0.25, 0.3) is 0 Å². The lowest BCUT2D eigenvalue weighted by Crippen LogP contribution is -2.57. The molecule has 0 radical (unpaired) electrons. The Bertz CT molecular complexity index is 443. The summed E-state index contributed by atoms with van der Waals surface area (Å²) in [5, 5.41) is 3.18. The first-order chi connectivity index (χ1) is 8.63. The molecule has 3 fully saturated rings. The van der Waals surface area contributed by atoms with Crippen molar-refractivity contribution >= 4 is 22.9 Å². The number of nitrogens with one attached hydrogen (secondary N) is 1. The molecular formula is C13H19N3OS. The summed E-state index contributed by atoms with van der Waals surface area (Å²) in [5.41, 5.74) is 6.52. The lowest BCUT2D eigenvalue weighted by atomic mass is 9.84. The van der Waals surface area contributed by atoms with Gasteiger partial charge in [-0.1, -0.05) is 0 Å². The third-order valence-corrected chi connectivity index (χ3v) is 5.22. The number of piperidine rings is 3. The summed E-state index contributed by atoms with van der Waals surface area (Å²) in [4.78, 5) is 16.4. The molecule has 5 heteroatoms. The number of hydrogen-bond acceptors (Lipinski definition) is 4. The molecule has 1 unspecified atom stereocenters. The van der Waals surface area contributed by atoms with Crippen molar-refractivity contribution in [3.05, 3.63) is 15.8 Å². The molecule has 1 amide bonds. The molecular weight excluding hydrogens is 246 g/mol. The van der Waals surface area contributed by atoms with Crippen LogP contribution in [0, 0.1) is 12.8 Å². The van der Waals surface area contributed by atoms with Gasteiger partial charge in [0.25, 0.3) is 5.91 Å². The maximum atomic E-state index is 12.2. The van der Waals surface area contributed by atoms with Crippen LogP contribution in [0.4, 0.5) is 5.69 Å². The highest BCUT2D eigenvalue weighted by molar-refractivity contribution is 7.14. The number of carbonyl (C=O) groups is 1. The highest BCUT2D eigenvalue weighted by atomic mass is 32.1. The minimum atomic E-state index is 0.0403. The van der Waals surface area contributed by atoms with Crippen LogP contribution in [0.2, 0.25) is 0 Å². The van der Waals surface area contributed by atoms with Crippen LogP contribution in [0.3, 0.4) is 0 Å². The van der Waals surface area contributed by atoms with Gasteiger partial charge < -0.3 is 16.0 Å². The molecule has 0 saturated carbocycles. The summed E-state index contributed by atoms with van der Waals surface area (Å²) in [7, 11) is 0. The van der Waals surface area contributed by atoms with Gasteiger partial charge in [0.05, 0.1) is 4.88 Å². The molecule has 1 atom stereocenters. The van der Waals surface area contributed by atoms with E-state index in [1.165, 1.54) is 37.3 Å². The Morgan fingerprint density at radius 2 is 2.22 bits per heavy atom. The Labute approximate surface area is 111 Å². The number of carbonyl (C=O) groups excluding carboxylic acids is 1. The first-order valence-electron chi connectivity index (χ1n) is 6.52. The number of amides is 1. The highest BCUT2D eigenvalue weighted by Gasteiger charge is 2.35. The van der Waals surface area contributed by atoms with Gasteiger partial charge in [0.1, 0.15) is 0 Å². The zero-order valence-corrected chi connectivity index (χ0v) is 11.4. The van der Waals surface area contributed by atoms with Gasteiger partial charge in [-0.3, -0.25) is 4.79 Å². The van der Waals surface area contributed by atoms with Crippen LogP contribution in [-0.4, -0.2) is 36.5 Å². The fourth-order valence-corrected chi connectivity index (χ4v) is 3.82. The molecule has 1 aromatic heterocycles. The smallest absolute Gasteiger partial charge is 0.261 e. The third-order valence-electron chi connectivity index (χ3n) is 4.15. The summed E-state index contributed by atoms with van der Waals surface area (Å²) < 4.78 is 0. The average Bonchev–Trinajstić information content (AvgIpc) is 2.71. The van der Waals surface area contributed by atoms with Gasteiger partial charge in [-0.2, -0.15) is 0 Å². The van der Waals surface area contributed by atoms with Crippen LogP contribution in [0.1, 0.15) is 27.4 Å². The van der Waals surface area contributed by atoms with Crippen LogP contribution in [0.5, 0.6) is 0 Å². The fraction of sp³-hybridized carbons (Fsp3) is 0.615. The Balaban J connectivity index is 1.67. The predicted molar refractivity (Wildman–Crippen MR) is 73.9 cm³/mol. The largest absolute Gasteiger partial charge is 0.398 e. The molecule has 2 bridgehead atoms. The van der Waals surface area contributed by atoms with Gasteiger partial charge in [0, 0.05) is 23.2 Å². The van der Waals surface area contributed by atoms with Crippen molar-refractivity contribution in [2.45, 2.75) is 25.8 Å². The zero-order chi connectivity index (χ0) is 12.7. The number of nitrogen functional groups attached to an aromatic ring is 1. The van der Waals surface area contributed by atoms with Crippen molar-refractivity contribution in [2.75, 3.05) is 25.4 Å². The van der Waals surface area contributed by atoms with Crippen molar-refractivity contribution in [3.8, 4) is 0 Å². The van der Waals surface area contributed by atoms with E-state index in [1.807, 2.05) is 6.92 Å². The molecule has 1 aromatic rings. The summed E-state index contributed by atoms with van der Waals surface area (Å²) >= 11 is 1.48. The lowest BCUT2D eigenvalue weighted by Gasteiger charge is -2.44. The van der Waals surface area contributed by atoms with E-state index in [0.29, 0.717) is 12.0 Å². The second-order valence-corrected chi connectivity index (χ2v) is 6.60. The maximum absolute atomic E-state index is 12.2. The van der Waals surface area contributed by atoms with E-state index in [9.17, 15) is 4.79 Å². The Kier molecular flexibility index (Phi) is 3.03. The zero-order valence-electron chi connectivity index (χ0n) is 10.6. The molecule has 18 heavy (non-hydrogen) atoms. The number of fused-ring (bicyclic) bond motifs is 3. The van der Waals surface area contributed by atoms with E-state index >= 15 is 0 Å². The molecule has 3 saturated heterocycles. The molecule has 98 valence electrons. The van der Waals surface area contributed by atoms with Crippen molar-refractivity contribution in [2.24, 2.45) is 5.92 Å². The van der Waals surface area contributed by atoms with E-state index in [1.54, 1.807) is 6.07 Å². The normalized spacial score (nSPS) is 30.4. The number of nitrogens with two attached hydrogens (primary N) is 1. The summed E-state index contributed by atoms with van der Waals surface area (Å²) in [6.45, 7) is 5.35. The molecule has 0 aromatic carbocycles. The van der Waals surface area contributed by atoms with Gasteiger partial charge >= 0.3 is 0 Å².